The van der Waals surface area contributed by atoms with E-state index < -0.39 is 5.41 Å². The number of thioether (sulfide) groups is 1. The maximum absolute atomic E-state index is 10.3. The van der Waals surface area contributed by atoms with Crippen LogP contribution in [-0.2, 0) is 12.0 Å². The summed E-state index contributed by atoms with van der Waals surface area (Å²) in [4.78, 5) is 10.3. The molecule has 0 spiro atoms. The predicted molar refractivity (Wildman–Crippen MR) is 138 cm³/mol. The van der Waals surface area contributed by atoms with Gasteiger partial charge in [-0.05, 0) is 67.5 Å². The number of nitrogens with zero attached hydrogens (tertiary/aromatic N) is 6. The lowest BCUT2D eigenvalue weighted by Crippen LogP contribution is -2.34. The summed E-state index contributed by atoms with van der Waals surface area (Å²) < 4.78 is 9.45. The minimum absolute atomic E-state index is 0.593. The first-order valence-electron chi connectivity index (χ1n) is 11.4. The topological polar surface area (TPSA) is 81.5 Å². The van der Waals surface area contributed by atoms with Gasteiger partial charge in [0.25, 0.3) is 0 Å². The van der Waals surface area contributed by atoms with Crippen molar-refractivity contribution in [3.05, 3.63) is 83.5 Å². The Morgan fingerprint density at radius 1 is 1.17 bits per heavy atom. The van der Waals surface area contributed by atoms with Gasteiger partial charge in [0.15, 0.2) is 11.6 Å². The number of nitriles is 1. The van der Waals surface area contributed by atoms with E-state index in [1.54, 1.807) is 25.2 Å². The summed E-state index contributed by atoms with van der Waals surface area (Å²) in [6.45, 7) is 2.72. The van der Waals surface area contributed by atoms with Crippen LogP contribution in [0.3, 0.4) is 0 Å². The standard InChI is InChI=1S/C27H26N6OS/c1-19-16-32(18-29-19)23-11-5-20(15-24(23)34-2)6-12-25-30-26-27(17-28,13-4-14-33(26)31-25)21-7-9-22(35-3)10-8-21/h5-12,15-16,18H,4,13-14H2,1-3H3/b12-6+/t27-/m1/s1. The second-order valence-electron chi connectivity index (χ2n) is 8.55. The first-order valence-corrected chi connectivity index (χ1v) is 12.7. The van der Waals surface area contributed by atoms with Gasteiger partial charge >= 0.3 is 0 Å². The summed E-state index contributed by atoms with van der Waals surface area (Å²) >= 11 is 1.69. The van der Waals surface area contributed by atoms with Gasteiger partial charge in [-0.1, -0.05) is 24.3 Å². The van der Waals surface area contributed by atoms with E-state index in [1.807, 2.05) is 71.1 Å². The number of benzene rings is 2. The molecule has 0 saturated carbocycles. The Hall–Kier alpha value is -3.83. The van der Waals surface area contributed by atoms with E-state index >= 15 is 0 Å². The van der Waals surface area contributed by atoms with Crippen molar-refractivity contribution in [3.63, 3.8) is 0 Å². The molecule has 0 unspecified atom stereocenters. The van der Waals surface area contributed by atoms with Crippen LogP contribution in [0, 0.1) is 18.3 Å². The minimum Gasteiger partial charge on any atom is -0.495 e. The van der Waals surface area contributed by atoms with E-state index in [-0.39, 0.29) is 0 Å². The van der Waals surface area contributed by atoms with E-state index in [0.717, 1.165) is 47.6 Å². The SMILES string of the molecule is COc1cc(/C=C/c2nc3n(n2)CCC[C@@]3(C#N)c2ccc(SC)cc2)ccc1-n1cnc(C)c1. The molecular formula is C27H26N6OS. The summed E-state index contributed by atoms with van der Waals surface area (Å²) in [5.74, 6) is 2.06. The van der Waals surface area contributed by atoms with Gasteiger partial charge in [-0.3, -0.25) is 0 Å². The largest absolute Gasteiger partial charge is 0.495 e. The molecule has 0 amide bonds. The van der Waals surface area contributed by atoms with Crippen LogP contribution in [0.2, 0.25) is 0 Å². The molecule has 2 aromatic carbocycles. The number of aryl methyl sites for hydroxylation is 2. The highest BCUT2D eigenvalue weighted by Gasteiger charge is 2.42. The summed E-state index contributed by atoms with van der Waals surface area (Å²) in [7, 11) is 1.66. The highest BCUT2D eigenvalue weighted by Crippen LogP contribution is 2.39. The zero-order chi connectivity index (χ0) is 24.4. The van der Waals surface area contributed by atoms with Crippen molar-refractivity contribution in [1.82, 2.24) is 24.3 Å². The Morgan fingerprint density at radius 3 is 2.69 bits per heavy atom. The monoisotopic (exact) mass is 482 g/mol. The molecule has 3 heterocycles. The van der Waals surface area contributed by atoms with Crippen molar-refractivity contribution in [2.75, 3.05) is 13.4 Å². The maximum atomic E-state index is 10.3. The summed E-state index contributed by atoms with van der Waals surface area (Å²) in [6, 6.07) is 16.8. The van der Waals surface area contributed by atoms with Gasteiger partial charge in [-0.2, -0.15) is 10.4 Å². The number of ether oxygens (including phenoxy) is 1. The second-order valence-corrected chi connectivity index (χ2v) is 9.43. The van der Waals surface area contributed by atoms with Gasteiger partial charge in [0.2, 0.25) is 0 Å². The third-order valence-corrected chi connectivity index (χ3v) is 7.13. The van der Waals surface area contributed by atoms with Crippen molar-refractivity contribution in [2.24, 2.45) is 0 Å². The lowest BCUT2D eigenvalue weighted by Gasteiger charge is -2.30. The molecule has 8 heteroatoms. The minimum atomic E-state index is -0.790. The van der Waals surface area contributed by atoms with Gasteiger partial charge in [0, 0.05) is 17.6 Å². The van der Waals surface area contributed by atoms with Crippen LogP contribution >= 0.6 is 11.8 Å². The molecule has 1 atom stereocenters. The average molecular weight is 483 g/mol. The Labute approximate surface area is 209 Å². The Bertz CT molecular complexity index is 1430. The molecule has 1 aliphatic heterocycles. The van der Waals surface area contributed by atoms with E-state index in [9.17, 15) is 5.26 Å². The molecule has 0 fully saturated rings. The molecule has 5 rings (SSSR count). The number of imidazole rings is 1. The molecule has 7 nitrogen and oxygen atoms in total. The van der Waals surface area contributed by atoms with Gasteiger partial charge in [-0.15, -0.1) is 11.8 Å². The van der Waals surface area contributed by atoms with Gasteiger partial charge < -0.3 is 9.30 Å². The molecule has 2 aromatic heterocycles. The van der Waals surface area contributed by atoms with E-state index in [1.165, 1.54) is 4.90 Å². The molecule has 0 saturated heterocycles. The number of methoxy groups -OCH3 is 1. The van der Waals surface area contributed by atoms with E-state index in [4.69, 9.17) is 14.8 Å². The highest BCUT2D eigenvalue weighted by atomic mass is 32.2. The first-order chi connectivity index (χ1) is 17.1. The quantitative estimate of drug-likeness (QED) is 0.348. The lowest BCUT2D eigenvalue weighted by molar-refractivity contribution is 0.393. The Kier molecular flexibility index (Phi) is 6.18. The van der Waals surface area contributed by atoms with Crippen molar-refractivity contribution in [3.8, 4) is 17.5 Å². The van der Waals surface area contributed by atoms with Crippen LogP contribution in [0.15, 0.2) is 59.9 Å². The molecule has 4 aromatic rings. The van der Waals surface area contributed by atoms with Crippen LogP contribution in [0.4, 0.5) is 0 Å². The van der Waals surface area contributed by atoms with Crippen molar-refractivity contribution in [1.29, 1.82) is 5.26 Å². The lowest BCUT2D eigenvalue weighted by atomic mass is 9.75. The molecule has 0 N–H and O–H groups in total. The fraction of sp³-hybridized carbons (Fsp3) is 0.259. The zero-order valence-corrected chi connectivity index (χ0v) is 20.8. The zero-order valence-electron chi connectivity index (χ0n) is 20.0. The summed E-state index contributed by atoms with van der Waals surface area (Å²) in [5.41, 5.74) is 3.01. The molecule has 35 heavy (non-hydrogen) atoms. The summed E-state index contributed by atoms with van der Waals surface area (Å²) in [6.07, 6.45) is 11.3. The van der Waals surface area contributed by atoms with Crippen molar-refractivity contribution in [2.45, 2.75) is 36.6 Å². The van der Waals surface area contributed by atoms with Gasteiger partial charge in [0.05, 0.1) is 30.9 Å². The smallest absolute Gasteiger partial charge is 0.174 e. The van der Waals surface area contributed by atoms with Crippen molar-refractivity contribution >= 4 is 23.9 Å². The Balaban J connectivity index is 1.45. The predicted octanol–water partition coefficient (Wildman–Crippen LogP) is 5.28. The maximum Gasteiger partial charge on any atom is 0.174 e. The molecule has 0 radical (unpaired) electrons. The molecule has 0 aliphatic carbocycles. The number of rotatable bonds is 6. The van der Waals surface area contributed by atoms with Crippen LogP contribution in [0.25, 0.3) is 17.8 Å². The second kappa shape index (κ2) is 9.43. The third-order valence-electron chi connectivity index (χ3n) is 6.38. The number of hydrogen-bond donors (Lipinski definition) is 0. The van der Waals surface area contributed by atoms with Crippen LogP contribution < -0.4 is 4.74 Å². The molecule has 1 aliphatic rings. The number of aromatic nitrogens is 5. The fourth-order valence-electron chi connectivity index (χ4n) is 4.56. The number of fused-ring (bicyclic) bond motifs is 1. The first kappa shape index (κ1) is 22.9. The molecule has 0 bridgehead atoms. The van der Waals surface area contributed by atoms with Crippen LogP contribution in [0.1, 0.15) is 41.3 Å². The van der Waals surface area contributed by atoms with Gasteiger partial charge in [0.1, 0.15) is 11.2 Å². The fourth-order valence-corrected chi connectivity index (χ4v) is 4.97. The van der Waals surface area contributed by atoms with Crippen LogP contribution in [0.5, 0.6) is 5.75 Å². The van der Waals surface area contributed by atoms with E-state index in [2.05, 4.69) is 23.2 Å². The van der Waals surface area contributed by atoms with E-state index in [0.29, 0.717) is 11.6 Å². The average Bonchev–Trinajstić information content (AvgIpc) is 3.53. The molecule has 176 valence electrons. The molecular weight excluding hydrogens is 456 g/mol. The third kappa shape index (κ3) is 4.24. The highest BCUT2D eigenvalue weighted by molar-refractivity contribution is 7.98. The normalized spacial score (nSPS) is 17.3. The number of hydrogen-bond acceptors (Lipinski definition) is 6. The van der Waals surface area contributed by atoms with Crippen LogP contribution in [-0.4, -0.2) is 37.7 Å². The van der Waals surface area contributed by atoms with Gasteiger partial charge in [-0.25, -0.2) is 14.6 Å². The summed E-state index contributed by atoms with van der Waals surface area (Å²) in [5, 5.41) is 15.0. The Morgan fingerprint density at radius 2 is 2.00 bits per heavy atom. The van der Waals surface area contributed by atoms with Crippen molar-refractivity contribution < 1.29 is 4.74 Å².